The second-order valence-electron chi connectivity index (χ2n) is 4.20. The lowest BCUT2D eigenvalue weighted by molar-refractivity contribution is -0.147. The maximum absolute atomic E-state index is 11.4. The van der Waals surface area contributed by atoms with E-state index in [0.717, 1.165) is 17.8 Å². The van der Waals surface area contributed by atoms with E-state index in [4.69, 9.17) is 4.74 Å². The average Bonchev–Trinajstić information content (AvgIpc) is 2.57. The van der Waals surface area contributed by atoms with E-state index in [-0.39, 0.29) is 11.9 Å². The van der Waals surface area contributed by atoms with Crippen molar-refractivity contribution in [3.63, 3.8) is 0 Å². The zero-order chi connectivity index (χ0) is 12.8. The third-order valence-electron chi connectivity index (χ3n) is 2.57. The van der Waals surface area contributed by atoms with Gasteiger partial charge in [-0.1, -0.05) is 6.92 Å². The van der Waals surface area contributed by atoms with Crippen LogP contribution < -0.4 is 5.32 Å². The van der Waals surface area contributed by atoms with Crippen molar-refractivity contribution < 1.29 is 9.53 Å². The van der Waals surface area contributed by atoms with Crippen molar-refractivity contribution in [1.82, 2.24) is 15.1 Å². The molecule has 5 nitrogen and oxygen atoms in total. The monoisotopic (exact) mass is 239 g/mol. The third kappa shape index (κ3) is 4.19. The van der Waals surface area contributed by atoms with Crippen LogP contribution in [0.4, 0.5) is 0 Å². The highest BCUT2D eigenvalue weighted by Crippen LogP contribution is 2.04. The first-order valence-electron chi connectivity index (χ1n) is 5.91. The summed E-state index contributed by atoms with van der Waals surface area (Å²) < 4.78 is 6.73. The largest absolute Gasteiger partial charge is 0.466 e. The highest BCUT2D eigenvalue weighted by molar-refractivity contribution is 5.72. The summed E-state index contributed by atoms with van der Waals surface area (Å²) in [4.78, 5) is 11.4. The van der Waals surface area contributed by atoms with Crippen LogP contribution in [0.25, 0.3) is 0 Å². The fourth-order valence-electron chi connectivity index (χ4n) is 1.61. The van der Waals surface area contributed by atoms with Crippen molar-refractivity contribution in [2.45, 2.75) is 27.3 Å². The van der Waals surface area contributed by atoms with Gasteiger partial charge in [0.1, 0.15) is 0 Å². The van der Waals surface area contributed by atoms with Gasteiger partial charge in [-0.3, -0.25) is 9.48 Å². The van der Waals surface area contributed by atoms with Gasteiger partial charge in [-0.05, 0) is 13.8 Å². The molecule has 0 aromatic carbocycles. The van der Waals surface area contributed by atoms with Crippen LogP contribution in [0.5, 0.6) is 0 Å². The minimum absolute atomic E-state index is 0.119. The molecule has 1 heterocycles. The van der Waals surface area contributed by atoms with Gasteiger partial charge in [0.05, 0.1) is 18.2 Å². The number of rotatable bonds is 6. The maximum atomic E-state index is 11.4. The summed E-state index contributed by atoms with van der Waals surface area (Å²) in [6, 6.07) is 0. The summed E-state index contributed by atoms with van der Waals surface area (Å²) in [7, 11) is 1.90. The standard InChI is InChI=1S/C12H21N3O2/c1-5-17-12(16)9(2)6-13-7-11-8-15(4)14-10(11)3/h8-9,13H,5-7H2,1-4H3. The van der Waals surface area contributed by atoms with Gasteiger partial charge in [0.25, 0.3) is 0 Å². The summed E-state index contributed by atoms with van der Waals surface area (Å²) in [6.07, 6.45) is 1.98. The molecule has 0 saturated carbocycles. The fourth-order valence-corrected chi connectivity index (χ4v) is 1.61. The smallest absolute Gasteiger partial charge is 0.309 e. The Bertz CT molecular complexity index is 374. The first-order chi connectivity index (χ1) is 8.04. The predicted octanol–water partition coefficient (Wildman–Crippen LogP) is 1.02. The lowest BCUT2D eigenvalue weighted by atomic mass is 10.2. The van der Waals surface area contributed by atoms with Gasteiger partial charge >= 0.3 is 5.97 Å². The van der Waals surface area contributed by atoms with Crippen molar-refractivity contribution in [3.05, 3.63) is 17.5 Å². The van der Waals surface area contributed by atoms with Crippen molar-refractivity contribution in [1.29, 1.82) is 0 Å². The molecule has 0 amide bonds. The van der Waals surface area contributed by atoms with Crippen LogP contribution in [0, 0.1) is 12.8 Å². The number of aryl methyl sites for hydroxylation is 2. The van der Waals surface area contributed by atoms with Crippen LogP contribution in [0.1, 0.15) is 25.1 Å². The Morgan fingerprint density at radius 2 is 2.35 bits per heavy atom. The Kier molecular flexibility index (Phi) is 5.15. The number of nitrogens with zero attached hydrogens (tertiary/aromatic N) is 2. The summed E-state index contributed by atoms with van der Waals surface area (Å²) >= 11 is 0. The highest BCUT2D eigenvalue weighted by Gasteiger charge is 2.13. The summed E-state index contributed by atoms with van der Waals surface area (Å²) in [5.74, 6) is -0.269. The topological polar surface area (TPSA) is 56.1 Å². The number of hydrogen-bond donors (Lipinski definition) is 1. The van der Waals surface area contributed by atoms with E-state index in [0.29, 0.717) is 13.2 Å². The predicted molar refractivity (Wildman–Crippen MR) is 65.4 cm³/mol. The van der Waals surface area contributed by atoms with Crippen molar-refractivity contribution in [2.24, 2.45) is 13.0 Å². The molecule has 0 aliphatic rings. The molecule has 0 aliphatic carbocycles. The van der Waals surface area contributed by atoms with Gasteiger partial charge in [0.2, 0.25) is 0 Å². The molecular weight excluding hydrogens is 218 g/mol. The Balaban J connectivity index is 2.32. The summed E-state index contributed by atoms with van der Waals surface area (Å²) in [6.45, 7) is 7.44. The van der Waals surface area contributed by atoms with Crippen molar-refractivity contribution in [3.8, 4) is 0 Å². The summed E-state index contributed by atoms with van der Waals surface area (Å²) in [5, 5.41) is 7.50. The average molecular weight is 239 g/mol. The van der Waals surface area contributed by atoms with E-state index in [1.54, 1.807) is 4.68 Å². The number of carbonyl (C=O) groups excluding carboxylic acids is 1. The molecule has 0 spiro atoms. The number of esters is 1. The molecule has 0 saturated heterocycles. The molecule has 1 atom stereocenters. The molecule has 1 unspecified atom stereocenters. The molecule has 1 aromatic rings. The van der Waals surface area contributed by atoms with Gasteiger partial charge in [0.15, 0.2) is 0 Å². The van der Waals surface area contributed by atoms with E-state index in [2.05, 4.69) is 10.4 Å². The number of hydrogen-bond acceptors (Lipinski definition) is 4. The second kappa shape index (κ2) is 6.39. The first-order valence-corrected chi connectivity index (χ1v) is 5.91. The highest BCUT2D eigenvalue weighted by atomic mass is 16.5. The SMILES string of the molecule is CCOC(=O)C(C)CNCc1cn(C)nc1C. The van der Waals surface area contributed by atoms with Crippen LogP contribution in [-0.4, -0.2) is 28.9 Å². The van der Waals surface area contributed by atoms with Gasteiger partial charge in [-0.2, -0.15) is 5.10 Å². The third-order valence-corrected chi connectivity index (χ3v) is 2.57. The molecule has 0 fully saturated rings. The van der Waals surface area contributed by atoms with E-state index in [9.17, 15) is 4.79 Å². The maximum Gasteiger partial charge on any atom is 0.309 e. The van der Waals surface area contributed by atoms with Gasteiger partial charge in [-0.25, -0.2) is 0 Å². The second-order valence-corrected chi connectivity index (χ2v) is 4.20. The van der Waals surface area contributed by atoms with E-state index >= 15 is 0 Å². The first kappa shape index (κ1) is 13.7. The molecule has 96 valence electrons. The summed E-state index contributed by atoms with van der Waals surface area (Å²) in [5.41, 5.74) is 2.17. The Morgan fingerprint density at radius 1 is 1.65 bits per heavy atom. The molecule has 5 heteroatoms. The molecule has 1 aromatic heterocycles. The van der Waals surface area contributed by atoms with Gasteiger partial charge in [0, 0.05) is 31.9 Å². The molecule has 0 aliphatic heterocycles. The van der Waals surface area contributed by atoms with Gasteiger partial charge in [-0.15, -0.1) is 0 Å². The molecule has 17 heavy (non-hydrogen) atoms. The van der Waals surface area contributed by atoms with Crippen molar-refractivity contribution >= 4 is 5.97 Å². The zero-order valence-electron chi connectivity index (χ0n) is 11.0. The lowest BCUT2D eigenvalue weighted by Gasteiger charge is -2.11. The zero-order valence-corrected chi connectivity index (χ0v) is 11.0. The van der Waals surface area contributed by atoms with Gasteiger partial charge < -0.3 is 10.1 Å². The van der Waals surface area contributed by atoms with Crippen LogP contribution >= 0.6 is 0 Å². The molecule has 1 rings (SSSR count). The molecule has 0 radical (unpaired) electrons. The normalized spacial score (nSPS) is 12.5. The minimum Gasteiger partial charge on any atom is -0.466 e. The quantitative estimate of drug-likeness (QED) is 0.753. The van der Waals surface area contributed by atoms with Crippen LogP contribution in [0.2, 0.25) is 0 Å². The Hall–Kier alpha value is -1.36. The number of ether oxygens (including phenoxy) is 1. The number of nitrogens with one attached hydrogen (secondary N) is 1. The van der Waals surface area contributed by atoms with E-state index < -0.39 is 0 Å². The fraction of sp³-hybridized carbons (Fsp3) is 0.667. The Labute approximate surface area is 102 Å². The minimum atomic E-state index is -0.150. The number of carbonyl (C=O) groups is 1. The van der Waals surface area contributed by atoms with E-state index in [1.165, 1.54) is 0 Å². The van der Waals surface area contributed by atoms with Crippen LogP contribution in [0.3, 0.4) is 0 Å². The number of aromatic nitrogens is 2. The van der Waals surface area contributed by atoms with Crippen molar-refractivity contribution in [2.75, 3.05) is 13.2 Å². The molecular formula is C12H21N3O2. The molecule has 1 N–H and O–H groups in total. The van der Waals surface area contributed by atoms with Crippen LogP contribution in [-0.2, 0) is 23.1 Å². The van der Waals surface area contributed by atoms with Crippen LogP contribution in [0.15, 0.2) is 6.20 Å². The molecule has 0 bridgehead atoms. The lowest BCUT2D eigenvalue weighted by Crippen LogP contribution is -2.27. The van der Waals surface area contributed by atoms with E-state index in [1.807, 2.05) is 34.0 Å². The Morgan fingerprint density at radius 3 is 2.88 bits per heavy atom.